The molecule has 1 heteroatoms. The third kappa shape index (κ3) is 4.36. The van der Waals surface area contributed by atoms with Gasteiger partial charge >= 0.3 is 0 Å². The summed E-state index contributed by atoms with van der Waals surface area (Å²) in [6, 6.07) is 0. The van der Waals surface area contributed by atoms with Gasteiger partial charge in [-0.2, -0.15) is 0 Å². The summed E-state index contributed by atoms with van der Waals surface area (Å²) in [5.74, 6) is 2.65. The maximum absolute atomic E-state index is 11.5. The van der Waals surface area contributed by atoms with Crippen LogP contribution in [0, 0.1) is 17.8 Å². The highest BCUT2D eigenvalue weighted by Gasteiger charge is 2.24. The quantitative estimate of drug-likeness (QED) is 0.664. The van der Waals surface area contributed by atoms with E-state index >= 15 is 0 Å². The zero-order valence-electron chi connectivity index (χ0n) is 10.6. The lowest BCUT2D eigenvalue weighted by molar-refractivity contribution is -0.123. The Labute approximate surface area is 94.6 Å². The first-order chi connectivity index (χ1) is 7.13. The first kappa shape index (κ1) is 12.7. The van der Waals surface area contributed by atoms with Gasteiger partial charge in [0, 0.05) is 12.3 Å². The molecule has 0 aliphatic heterocycles. The largest absolute Gasteiger partial charge is 0.299 e. The van der Waals surface area contributed by atoms with E-state index in [1.807, 2.05) is 6.92 Å². The molecule has 1 aliphatic carbocycles. The van der Waals surface area contributed by atoms with Crippen LogP contribution in [0.2, 0.25) is 0 Å². The number of hydrogen-bond acceptors (Lipinski definition) is 1. The van der Waals surface area contributed by atoms with Gasteiger partial charge in [-0.05, 0) is 37.5 Å². The van der Waals surface area contributed by atoms with E-state index in [4.69, 9.17) is 0 Å². The molecule has 0 bridgehead atoms. The van der Waals surface area contributed by atoms with Crippen LogP contribution in [-0.2, 0) is 4.79 Å². The zero-order chi connectivity index (χ0) is 11.3. The lowest BCUT2D eigenvalue weighted by Gasteiger charge is -2.27. The average molecular weight is 210 g/mol. The molecule has 1 nitrogen and oxygen atoms in total. The molecule has 0 aromatic rings. The Hall–Kier alpha value is -0.330. The molecule has 0 spiro atoms. The summed E-state index contributed by atoms with van der Waals surface area (Å²) in [7, 11) is 0. The van der Waals surface area contributed by atoms with Gasteiger partial charge in [0.15, 0.2) is 0 Å². The highest BCUT2D eigenvalue weighted by atomic mass is 16.1. The van der Waals surface area contributed by atoms with Crippen LogP contribution in [0.25, 0.3) is 0 Å². The van der Waals surface area contributed by atoms with Crippen molar-refractivity contribution in [3.05, 3.63) is 0 Å². The summed E-state index contributed by atoms with van der Waals surface area (Å²) in [6.07, 6.45) is 8.39. The van der Waals surface area contributed by atoms with E-state index < -0.39 is 0 Å². The summed E-state index contributed by atoms with van der Waals surface area (Å²) in [5.41, 5.74) is 0. The van der Waals surface area contributed by atoms with Gasteiger partial charge in [-0.25, -0.2) is 0 Å². The van der Waals surface area contributed by atoms with Crippen molar-refractivity contribution in [2.75, 3.05) is 0 Å². The molecule has 1 aliphatic rings. The van der Waals surface area contributed by atoms with Gasteiger partial charge in [0.25, 0.3) is 0 Å². The maximum atomic E-state index is 11.5. The van der Waals surface area contributed by atoms with Gasteiger partial charge in [0.05, 0.1) is 0 Å². The minimum atomic E-state index is 0.408. The molecule has 1 rings (SSSR count). The molecular formula is C14H26O. The van der Waals surface area contributed by atoms with E-state index in [0.717, 1.165) is 31.1 Å². The Bertz CT molecular complexity index is 188. The summed E-state index contributed by atoms with van der Waals surface area (Å²) in [5, 5.41) is 0. The van der Waals surface area contributed by atoms with Crippen molar-refractivity contribution in [2.45, 2.75) is 65.7 Å². The van der Waals surface area contributed by atoms with E-state index in [-0.39, 0.29) is 0 Å². The molecule has 0 atom stereocenters. The molecule has 1 saturated carbocycles. The van der Waals surface area contributed by atoms with Crippen molar-refractivity contribution in [2.24, 2.45) is 17.8 Å². The lowest BCUT2D eigenvalue weighted by Crippen LogP contribution is -2.21. The molecule has 1 fully saturated rings. The molecule has 0 radical (unpaired) electrons. The van der Waals surface area contributed by atoms with Crippen LogP contribution >= 0.6 is 0 Å². The van der Waals surface area contributed by atoms with Crippen LogP contribution in [0.5, 0.6) is 0 Å². The smallest absolute Gasteiger partial charge is 0.135 e. The standard InChI is InChI=1S/C14H26O/c1-4-14(15)13-9-7-12(8-10-13)6-5-11(2)3/h11-13H,4-10H2,1-3H3. The maximum Gasteiger partial charge on any atom is 0.135 e. The van der Waals surface area contributed by atoms with E-state index in [1.54, 1.807) is 0 Å². The van der Waals surface area contributed by atoms with Crippen molar-refractivity contribution in [3.63, 3.8) is 0 Å². The number of carbonyl (C=O) groups excluding carboxylic acids is 1. The fourth-order valence-electron chi connectivity index (χ4n) is 2.63. The Kier molecular flexibility index (Phi) is 5.35. The lowest BCUT2D eigenvalue weighted by atomic mass is 9.77. The number of carbonyl (C=O) groups is 1. The highest BCUT2D eigenvalue weighted by molar-refractivity contribution is 5.80. The van der Waals surface area contributed by atoms with Crippen LogP contribution in [0.4, 0.5) is 0 Å². The SMILES string of the molecule is CCC(=O)C1CCC(CCC(C)C)CC1. The van der Waals surface area contributed by atoms with Crippen LogP contribution < -0.4 is 0 Å². The van der Waals surface area contributed by atoms with Crippen LogP contribution in [0.15, 0.2) is 0 Å². The second-order valence-corrected chi connectivity index (χ2v) is 5.51. The third-order valence-electron chi connectivity index (χ3n) is 3.80. The average Bonchev–Trinajstić information content (AvgIpc) is 2.26. The van der Waals surface area contributed by atoms with Crippen molar-refractivity contribution < 1.29 is 4.79 Å². The predicted octanol–water partition coefficient (Wildman–Crippen LogP) is 4.21. The molecule has 0 aromatic carbocycles. The minimum absolute atomic E-state index is 0.408. The number of Topliss-reactive ketones (excluding diaryl/α,β-unsaturated/α-hetero) is 1. The van der Waals surface area contributed by atoms with Gasteiger partial charge in [0.1, 0.15) is 5.78 Å². The second-order valence-electron chi connectivity index (χ2n) is 5.51. The zero-order valence-corrected chi connectivity index (χ0v) is 10.6. The first-order valence-electron chi connectivity index (χ1n) is 6.66. The minimum Gasteiger partial charge on any atom is -0.299 e. The molecule has 0 amide bonds. The van der Waals surface area contributed by atoms with Gasteiger partial charge in [-0.1, -0.05) is 33.6 Å². The van der Waals surface area contributed by atoms with Gasteiger partial charge in [-0.3, -0.25) is 4.79 Å². The van der Waals surface area contributed by atoms with Crippen molar-refractivity contribution in [1.29, 1.82) is 0 Å². The van der Waals surface area contributed by atoms with E-state index in [9.17, 15) is 4.79 Å². The van der Waals surface area contributed by atoms with Crippen LogP contribution in [-0.4, -0.2) is 5.78 Å². The molecule has 0 aromatic heterocycles. The van der Waals surface area contributed by atoms with Crippen LogP contribution in [0.1, 0.15) is 65.7 Å². The monoisotopic (exact) mass is 210 g/mol. The normalized spacial score (nSPS) is 26.9. The summed E-state index contributed by atoms with van der Waals surface area (Å²) in [6.45, 7) is 6.59. The summed E-state index contributed by atoms with van der Waals surface area (Å²) >= 11 is 0. The van der Waals surface area contributed by atoms with Crippen molar-refractivity contribution in [1.82, 2.24) is 0 Å². The number of ketones is 1. The fraction of sp³-hybridized carbons (Fsp3) is 0.929. The molecule has 0 N–H and O–H groups in total. The molecule has 15 heavy (non-hydrogen) atoms. The molecule has 0 heterocycles. The number of hydrogen-bond donors (Lipinski definition) is 0. The molecule has 0 unspecified atom stereocenters. The van der Waals surface area contributed by atoms with Crippen molar-refractivity contribution >= 4 is 5.78 Å². The van der Waals surface area contributed by atoms with Crippen molar-refractivity contribution in [3.8, 4) is 0 Å². The summed E-state index contributed by atoms with van der Waals surface area (Å²) in [4.78, 5) is 11.5. The third-order valence-corrected chi connectivity index (χ3v) is 3.80. The van der Waals surface area contributed by atoms with Gasteiger partial charge in [-0.15, -0.1) is 0 Å². The molecular weight excluding hydrogens is 184 g/mol. The fourth-order valence-corrected chi connectivity index (χ4v) is 2.63. The highest BCUT2D eigenvalue weighted by Crippen LogP contribution is 2.33. The Morgan fingerprint density at radius 2 is 1.80 bits per heavy atom. The Morgan fingerprint density at radius 1 is 1.20 bits per heavy atom. The van der Waals surface area contributed by atoms with Gasteiger partial charge < -0.3 is 0 Å². The first-order valence-corrected chi connectivity index (χ1v) is 6.66. The molecule has 88 valence electrons. The topological polar surface area (TPSA) is 17.1 Å². The van der Waals surface area contributed by atoms with E-state index in [2.05, 4.69) is 13.8 Å². The predicted molar refractivity (Wildman–Crippen MR) is 64.8 cm³/mol. The summed E-state index contributed by atoms with van der Waals surface area (Å²) < 4.78 is 0. The van der Waals surface area contributed by atoms with Gasteiger partial charge in [0.2, 0.25) is 0 Å². The Morgan fingerprint density at radius 3 is 2.27 bits per heavy atom. The second kappa shape index (κ2) is 6.30. The number of rotatable bonds is 5. The van der Waals surface area contributed by atoms with E-state index in [1.165, 1.54) is 25.7 Å². The van der Waals surface area contributed by atoms with E-state index in [0.29, 0.717) is 11.7 Å². The Balaban J connectivity index is 2.21. The van der Waals surface area contributed by atoms with Crippen LogP contribution in [0.3, 0.4) is 0 Å². The molecule has 0 saturated heterocycles.